The van der Waals surface area contributed by atoms with Gasteiger partial charge in [-0.15, -0.1) is 0 Å². The summed E-state index contributed by atoms with van der Waals surface area (Å²) < 4.78 is 1.70. The predicted octanol–water partition coefficient (Wildman–Crippen LogP) is 3.88. The lowest BCUT2D eigenvalue weighted by atomic mass is 10.0. The lowest BCUT2D eigenvalue weighted by molar-refractivity contribution is 0.0961. The molecule has 1 saturated carbocycles. The Kier molecular flexibility index (Phi) is 8.65. The topological polar surface area (TPSA) is 138 Å². The molecule has 0 radical (unpaired) electrons. The number of likely N-dealkylation sites (N-methyl/N-ethyl adjacent to an activating group) is 2. The number of rotatable bonds is 10. The lowest BCUT2D eigenvalue weighted by Gasteiger charge is -2.24. The monoisotopic (exact) mass is 583 g/mol. The molecule has 0 aromatic carbocycles. The Bertz CT molecular complexity index is 1700. The summed E-state index contributed by atoms with van der Waals surface area (Å²) in [6.45, 7) is 4.64. The van der Waals surface area contributed by atoms with Crippen molar-refractivity contribution in [1.82, 2.24) is 29.8 Å². The van der Waals surface area contributed by atoms with Crippen LogP contribution < -0.4 is 26.0 Å². The molecule has 0 unspecified atom stereocenters. The first-order chi connectivity index (χ1) is 20.7. The van der Waals surface area contributed by atoms with E-state index < -0.39 is 0 Å². The van der Waals surface area contributed by atoms with E-state index in [0.29, 0.717) is 40.5 Å². The van der Waals surface area contributed by atoms with Crippen LogP contribution in [-0.2, 0) is 0 Å². The van der Waals surface area contributed by atoms with Crippen LogP contribution in [0.4, 0.5) is 23.3 Å². The first-order valence-corrected chi connectivity index (χ1v) is 14.4. The number of fused-ring (bicyclic) bond motifs is 1. The van der Waals surface area contributed by atoms with Gasteiger partial charge in [-0.1, -0.05) is 12.8 Å². The number of ketones is 1. The highest BCUT2D eigenvalue weighted by atomic mass is 16.2. The Morgan fingerprint density at radius 3 is 2.35 bits per heavy atom. The maximum Gasteiger partial charge on any atom is 0.263 e. The Labute approximate surface area is 250 Å². The summed E-state index contributed by atoms with van der Waals surface area (Å²) in [5, 5.41) is 6.46. The Morgan fingerprint density at radius 2 is 1.72 bits per heavy atom. The SMILES string of the molecule is CNC(=O)c1ccc(N(C)CCN(C)c2ccc(Nc3ncc4c(C)c(C(C)=O)c(=O)n(C5CCCC5)c4n3)nc2)nc1. The second-order valence-electron chi connectivity index (χ2n) is 11.0. The molecule has 2 N–H and O–H groups in total. The smallest absolute Gasteiger partial charge is 0.263 e. The summed E-state index contributed by atoms with van der Waals surface area (Å²) >= 11 is 0. The number of amides is 1. The molecule has 1 aliphatic rings. The molecule has 0 spiro atoms. The zero-order chi connectivity index (χ0) is 30.7. The lowest BCUT2D eigenvalue weighted by Crippen LogP contribution is -2.31. The number of hydrogen-bond acceptors (Lipinski definition) is 10. The molecule has 1 amide bonds. The molecule has 12 nitrogen and oxygen atoms in total. The number of pyridine rings is 3. The molecule has 4 aromatic rings. The minimum Gasteiger partial charge on any atom is -0.372 e. The zero-order valence-electron chi connectivity index (χ0n) is 25.2. The van der Waals surface area contributed by atoms with Gasteiger partial charge >= 0.3 is 0 Å². The predicted molar refractivity (Wildman–Crippen MR) is 168 cm³/mol. The molecule has 5 rings (SSSR count). The van der Waals surface area contributed by atoms with Crippen LogP contribution in [0.2, 0.25) is 0 Å². The van der Waals surface area contributed by atoms with Gasteiger partial charge in [0.1, 0.15) is 17.3 Å². The molecular weight excluding hydrogens is 546 g/mol. The van der Waals surface area contributed by atoms with Crippen LogP contribution in [0, 0.1) is 6.92 Å². The third-order valence-electron chi connectivity index (χ3n) is 8.08. The van der Waals surface area contributed by atoms with Gasteiger partial charge < -0.3 is 20.4 Å². The Morgan fingerprint density at radius 1 is 0.977 bits per heavy atom. The standard InChI is InChI=1S/C31H37N9O3/c1-19-24-18-35-31(37-28(24)40(22-8-6-7-9-22)30(43)27(19)20(2)41)36-25-12-11-23(17-33-25)38(4)14-15-39(5)26-13-10-21(16-34-26)29(42)32-3/h10-13,16-18,22H,6-9,14-15H2,1-5H3,(H,32,42)(H,33,35,36,37). The van der Waals surface area contributed by atoms with Gasteiger partial charge in [-0.25, -0.2) is 15.0 Å². The maximum atomic E-state index is 13.5. The van der Waals surface area contributed by atoms with Crippen LogP contribution in [0.5, 0.6) is 0 Å². The van der Waals surface area contributed by atoms with Crippen LogP contribution in [-0.4, -0.2) is 70.4 Å². The number of Topliss-reactive ketones (excluding diaryl/α,β-unsaturated/α-hetero) is 1. The quantitative estimate of drug-likeness (QED) is 0.265. The van der Waals surface area contributed by atoms with Gasteiger partial charge in [-0.3, -0.25) is 19.0 Å². The molecular formula is C31H37N9O3. The number of aromatic nitrogens is 5. The van der Waals surface area contributed by atoms with E-state index in [9.17, 15) is 14.4 Å². The van der Waals surface area contributed by atoms with Crippen molar-refractivity contribution in [2.75, 3.05) is 49.3 Å². The highest BCUT2D eigenvalue weighted by molar-refractivity contribution is 5.99. The van der Waals surface area contributed by atoms with Crippen LogP contribution in [0.3, 0.4) is 0 Å². The molecule has 0 aliphatic heterocycles. The molecule has 1 fully saturated rings. The number of hydrogen-bond donors (Lipinski definition) is 2. The van der Waals surface area contributed by atoms with Crippen LogP contribution >= 0.6 is 0 Å². The van der Waals surface area contributed by atoms with E-state index in [0.717, 1.165) is 43.7 Å². The van der Waals surface area contributed by atoms with E-state index in [1.807, 2.05) is 37.2 Å². The number of carbonyl (C=O) groups excluding carboxylic acids is 2. The highest BCUT2D eigenvalue weighted by Crippen LogP contribution is 2.32. The van der Waals surface area contributed by atoms with Gasteiger partial charge in [0.2, 0.25) is 5.95 Å². The van der Waals surface area contributed by atoms with Crippen molar-refractivity contribution in [3.8, 4) is 0 Å². The van der Waals surface area contributed by atoms with Gasteiger partial charge in [0.05, 0.1) is 23.0 Å². The molecule has 43 heavy (non-hydrogen) atoms. The first kappa shape index (κ1) is 29.6. The summed E-state index contributed by atoms with van der Waals surface area (Å²) in [6.07, 6.45) is 8.88. The zero-order valence-corrected chi connectivity index (χ0v) is 25.2. The number of aryl methyl sites for hydroxylation is 1. The molecule has 224 valence electrons. The minimum absolute atomic E-state index is 0.0149. The van der Waals surface area contributed by atoms with E-state index in [4.69, 9.17) is 4.98 Å². The average molecular weight is 584 g/mol. The fourth-order valence-electron chi connectivity index (χ4n) is 5.54. The van der Waals surface area contributed by atoms with E-state index >= 15 is 0 Å². The van der Waals surface area contributed by atoms with Gasteiger partial charge in [-0.2, -0.15) is 4.98 Å². The van der Waals surface area contributed by atoms with Gasteiger partial charge in [-0.05, 0) is 56.5 Å². The molecule has 4 heterocycles. The number of nitrogens with zero attached hydrogens (tertiary/aromatic N) is 7. The molecule has 1 aliphatic carbocycles. The number of nitrogens with one attached hydrogen (secondary N) is 2. The second kappa shape index (κ2) is 12.6. The fourth-order valence-corrected chi connectivity index (χ4v) is 5.54. The molecule has 4 aromatic heterocycles. The van der Waals surface area contributed by atoms with Gasteiger partial charge in [0.15, 0.2) is 5.78 Å². The summed E-state index contributed by atoms with van der Waals surface area (Å²) in [6, 6.07) is 7.43. The van der Waals surface area contributed by atoms with E-state index in [2.05, 4.69) is 30.5 Å². The molecule has 0 saturated heterocycles. The van der Waals surface area contributed by atoms with Gasteiger partial charge in [0, 0.05) is 58.1 Å². The number of anilines is 4. The largest absolute Gasteiger partial charge is 0.372 e. The second-order valence-corrected chi connectivity index (χ2v) is 11.0. The van der Waals surface area contributed by atoms with Crippen molar-refractivity contribution >= 4 is 46.0 Å². The third-order valence-corrected chi connectivity index (χ3v) is 8.08. The van der Waals surface area contributed by atoms with Crippen molar-refractivity contribution in [2.24, 2.45) is 0 Å². The van der Waals surface area contributed by atoms with Crippen LogP contribution in [0.15, 0.2) is 47.7 Å². The van der Waals surface area contributed by atoms with E-state index in [1.54, 1.807) is 43.2 Å². The average Bonchev–Trinajstić information content (AvgIpc) is 3.54. The van der Waals surface area contributed by atoms with Crippen molar-refractivity contribution in [2.45, 2.75) is 45.6 Å². The Balaban J connectivity index is 1.29. The maximum absolute atomic E-state index is 13.5. The normalized spacial score (nSPS) is 13.2. The molecule has 12 heteroatoms. The minimum atomic E-state index is -0.276. The third kappa shape index (κ3) is 6.18. The van der Waals surface area contributed by atoms with Crippen molar-refractivity contribution in [3.05, 3.63) is 69.9 Å². The van der Waals surface area contributed by atoms with Crippen LogP contribution in [0.25, 0.3) is 11.0 Å². The molecule has 0 bridgehead atoms. The summed E-state index contributed by atoms with van der Waals surface area (Å²) in [7, 11) is 5.54. The Hall–Kier alpha value is -4.87. The number of carbonyl (C=O) groups is 2. The molecule has 0 atom stereocenters. The van der Waals surface area contributed by atoms with Crippen LogP contribution in [0.1, 0.15) is 64.9 Å². The fraction of sp³-hybridized carbons (Fsp3) is 0.387. The van der Waals surface area contributed by atoms with Crippen molar-refractivity contribution < 1.29 is 9.59 Å². The first-order valence-electron chi connectivity index (χ1n) is 14.4. The highest BCUT2D eigenvalue weighted by Gasteiger charge is 2.26. The van der Waals surface area contributed by atoms with E-state index in [-0.39, 0.29) is 28.9 Å². The van der Waals surface area contributed by atoms with Crippen molar-refractivity contribution in [3.63, 3.8) is 0 Å². The summed E-state index contributed by atoms with van der Waals surface area (Å²) in [5.41, 5.74) is 2.54. The summed E-state index contributed by atoms with van der Waals surface area (Å²) in [4.78, 5) is 59.9. The van der Waals surface area contributed by atoms with Crippen molar-refractivity contribution in [1.29, 1.82) is 0 Å². The van der Waals surface area contributed by atoms with E-state index in [1.165, 1.54) is 6.92 Å². The van der Waals surface area contributed by atoms with Gasteiger partial charge in [0.25, 0.3) is 11.5 Å². The summed E-state index contributed by atoms with van der Waals surface area (Å²) in [5.74, 6) is 1.27.